The summed E-state index contributed by atoms with van der Waals surface area (Å²) >= 11 is 0. The van der Waals surface area contributed by atoms with Crippen molar-refractivity contribution < 1.29 is 24.0 Å². The molecular weight excluding hydrogens is 316 g/mol. The van der Waals surface area contributed by atoms with Gasteiger partial charge in [0, 0.05) is 19.2 Å². The minimum Gasteiger partial charge on any atom is -0.466 e. The number of hydrogen-bond donors (Lipinski definition) is 0. The van der Waals surface area contributed by atoms with Crippen LogP contribution in [-0.2, 0) is 14.3 Å². The maximum Gasteiger partial charge on any atom is 0.344 e. The molecule has 0 saturated carbocycles. The van der Waals surface area contributed by atoms with Crippen molar-refractivity contribution in [3.63, 3.8) is 0 Å². The number of methoxy groups -OCH3 is 1. The number of nitro benzene ring substituents is 1. The van der Waals surface area contributed by atoms with E-state index in [1.165, 1.54) is 19.2 Å². The van der Waals surface area contributed by atoms with E-state index < -0.39 is 23.5 Å². The molecule has 0 N–H and O–H groups in total. The Labute approximate surface area is 139 Å². The monoisotopic (exact) mass is 336 g/mol. The van der Waals surface area contributed by atoms with Crippen molar-refractivity contribution in [2.45, 2.75) is 25.7 Å². The minimum atomic E-state index is -0.800. The largest absolute Gasteiger partial charge is 0.466 e. The van der Waals surface area contributed by atoms with E-state index in [2.05, 4.69) is 4.74 Å². The maximum absolute atomic E-state index is 11.9. The molecule has 2 rings (SSSR count). The Bertz CT molecular complexity index is 623. The number of esters is 2. The maximum atomic E-state index is 11.9. The summed E-state index contributed by atoms with van der Waals surface area (Å²) in [5.41, 5.74) is 0.403. The van der Waals surface area contributed by atoms with Gasteiger partial charge in [-0.05, 0) is 25.0 Å². The summed E-state index contributed by atoms with van der Waals surface area (Å²) in [6.45, 7) is 0.983. The van der Waals surface area contributed by atoms with Gasteiger partial charge in [0.05, 0.1) is 17.6 Å². The normalized spacial score (nSPS) is 14.6. The highest BCUT2D eigenvalue weighted by Crippen LogP contribution is 2.31. The zero-order chi connectivity index (χ0) is 17.5. The second-order valence-corrected chi connectivity index (χ2v) is 5.51. The van der Waals surface area contributed by atoms with Gasteiger partial charge in [0.25, 0.3) is 5.69 Å². The molecule has 1 fully saturated rings. The molecule has 1 aliphatic rings. The number of nitro groups is 1. The fraction of sp³-hybridized carbons (Fsp3) is 0.500. The van der Waals surface area contributed by atoms with Crippen molar-refractivity contribution >= 4 is 23.3 Å². The second kappa shape index (κ2) is 8.28. The number of carbonyl (C=O) groups is 2. The van der Waals surface area contributed by atoms with Crippen molar-refractivity contribution in [3.05, 3.63) is 33.9 Å². The number of benzene rings is 1. The molecule has 0 unspecified atom stereocenters. The van der Waals surface area contributed by atoms with Crippen LogP contribution in [0.2, 0.25) is 0 Å². The third-order valence-electron chi connectivity index (χ3n) is 3.90. The first-order valence-corrected chi connectivity index (χ1v) is 7.80. The Hall–Kier alpha value is -2.64. The zero-order valence-electron chi connectivity index (χ0n) is 13.5. The SMILES string of the molecule is COC(=O)COC(=O)c1ccc(N2CCCCCC2)c([N+](=O)[O-])c1. The summed E-state index contributed by atoms with van der Waals surface area (Å²) < 4.78 is 9.15. The first-order valence-electron chi connectivity index (χ1n) is 7.80. The highest BCUT2D eigenvalue weighted by Gasteiger charge is 2.23. The van der Waals surface area contributed by atoms with E-state index in [1.54, 1.807) is 6.07 Å². The fourth-order valence-electron chi connectivity index (χ4n) is 2.64. The van der Waals surface area contributed by atoms with Gasteiger partial charge in [0.2, 0.25) is 0 Å². The average molecular weight is 336 g/mol. The van der Waals surface area contributed by atoms with Crippen molar-refractivity contribution in [3.8, 4) is 0 Å². The summed E-state index contributed by atoms with van der Waals surface area (Å²) in [5.74, 6) is -1.50. The van der Waals surface area contributed by atoms with Crippen LogP contribution in [0.5, 0.6) is 0 Å². The van der Waals surface area contributed by atoms with Gasteiger partial charge in [0.1, 0.15) is 5.69 Å². The molecule has 8 heteroatoms. The Balaban J connectivity index is 2.21. The lowest BCUT2D eigenvalue weighted by Crippen LogP contribution is -2.25. The molecule has 1 aliphatic heterocycles. The number of rotatable bonds is 5. The quantitative estimate of drug-likeness (QED) is 0.462. The molecule has 0 amide bonds. The van der Waals surface area contributed by atoms with Crippen molar-refractivity contribution in [1.82, 2.24) is 0 Å². The summed E-state index contributed by atoms with van der Waals surface area (Å²) in [7, 11) is 1.18. The molecule has 1 aromatic rings. The van der Waals surface area contributed by atoms with Gasteiger partial charge in [-0.2, -0.15) is 0 Å². The average Bonchev–Trinajstić information content (AvgIpc) is 2.87. The fourth-order valence-corrected chi connectivity index (χ4v) is 2.64. The minimum absolute atomic E-state index is 0.0316. The molecule has 0 aromatic heterocycles. The van der Waals surface area contributed by atoms with Crippen LogP contribution in [0.15, 0.2) is 18.2 Å². The van der Waals surface area contributed by atoms with Gasteiger partial charge in [0.15, 0.2) is 6.61 Å². The number of ether oxygens (including phenoxy) is 2. The predicted molar refractivity (Wildman–Crippen MR) is 86.1 cm³/mol. The molecule has 1 saturated heterocycles. The van der Waals surface area contributed by atoms with Crippen LogP contribution in [-0.4, -0.2) is 43.7 Å². The number of carbonyl (C=O) groups excluding carboxylic acids is 2. The lowest BCUT2D eigenvalue weighted by atomic mass is 10.1. The highest BCUT2D eigenvalue weighted by atomic mass is 16.6. The number of anilines is 1. The smallest absolute Gasteiger partial charge is 0.344 e. The second-order valence-electron chi connectivity index (χ2n) is 5.51. The van der Waals surface area contributed by atoms with Crippen LogP contribution in [0.1, 0.15) is 36.0 Å². The third kappa shape index (κ3) is 4.43. The molecule has 0 bridgehead atoms. The summed E-state index contributed by atoms with van der Waals surface area (Å²) in [5, 5.41) is 11.4. The molecule has 0 radical (unpaired) electrons. The van der Waals surface area contributed by atoms with Crippen LogP contribution in [0.3, 0.4) is 0 Å². The van der Waals surface area contributed by atoms with E-state index >= 15 is 0 Å². The van der Waals surface area contributed by atoms with E-state index in [1.807, 2.05) is 4.90 Å². The van der Waals surface area contributed by atoms with Gasteiger partial charge in [-0.3, -0.25) is 10.1 Å². The number of hydrogen-bond acceptors (Lipinski definition) is 7. The van der Waals surface area contributed by atoms with E-state index in [4.69, 9.17) is 4.74 Å². The van der Waals surface area contributed by atoms with Crippen molar-refractivity contribution in [1.29, 1.82) is 0 Å². The standard InChI is InChI=1S/C16H20N2O6/c1-23-15(19)11-24-16(20)12-6-7-13(14(10-12)18(21)22)17-8-4-2-3-5-9-17/h6-7,10H,2-5,8-9,11H2,1H3. The predicted octanol–water partition coefficient (Wildman–Crippen LogP) is 2.30. The van der Waals surface area contributed by atoms with Crippen molar-refractivity contribution in [2.24, 2.45) is 0 Å². The molecule has 0 spiro atoms. The summed E-state index contributed by atoms with van der Waals surface area (Å²) in [6.07, 6.45) is 4.20. The van der Waals surface area contributed by atoms with E-state index in [0.29, 0.717) is 5.69 Å². The molecule has 0 aliphatic carbocycles. The molecular formula is C16H20N2O6. The molecule has 1 aromatic carbocycles. The van der Waals surface area contributed by atoms with E-state index in [9.17, 15) is 19.7 Å². The van der Waals surface area contributed by atoms with Crippen LogP contribution < -0.4 is 4.90 Å². The van der Waals surface area contributed by atoms with Gasteiger partial charge >= 0.3 is 11.9 Å². The Kier molecular flexibility index (Phi) is 6.11. The number of nitrogens with zero attached hydrogens (tertiary/aromatic N) is 2. The summed E-state index contributed by atoms with van der Waals surface area (Å²) in [4.78, 5) is 35.8. The lowest BCUT2D eigenvalue weighted by molar-refractivity contribution is -0.384. The first-order chi connectivity index (χ1) is 11.5. The van der Waals surface area contributed by atoms with Gasteiger partial charge in [-0.25, -0.2) is 9.59 Å². The molecule has 130 valence electrons. The first kappa shape index (κ1) is 17.7. The molecule has 0 atom stereocenters. The van der Waals surface area contributed by atoms with Crippen LogP contribution in [0.25, 0.3) is 0 Å². The Morgan fingerprint density at radius 1 is 1.21 bits per heavy atom. The van der Waals surface area contributed by atoms with Crippen LogP contribution in [0.4, 0.5) is 11.4 Å². The topological polar surface area (TPSA) is 99.0 Å². The van der Waals surface area contributed by atoms with Crippen LogP contribution in [0, 0.1) is 10.1 Å². The Morgan fingerprint density at radius 2 is 1.88 bits per heavy atom. The van der Waals surface area contributed by atoms with Gasteiger partial charge < -0.3 is 14.4 Å². The Morgan fingerprint density at radius 3 is 2.46 bits per heavy atom. The third-order valence-corrected chi connectivity index (χ3v) is 3.90. The van der Waals surface area contributed by atoms with Crippen molar-refractivity contribution in [2.75, 3.05) is 31.7 Å². The molecule has 1 heterocycles. The molecule has 24 heavy (non-hydrogen) atoms. The summed E-state index contributed by atoms with van der Waals surface area (Å²) in [6, 6.07) is 4.24. The van der Waals surface area contributed by atoms with E-state index in [0.717, 1.165) is 38.8 Å². The van der Waals surface area contributed by atoms with Gasteiger partial charge in [-0.15, -0.1) is 0 Å². The lowest BCUT2D eigenvalue weighted by Gasteiger charge is -2.22. The van der Waals surface area contributed by atoms with Gasteiger partial charge in [-0.1, -0.05) is 12.8 Å². The highest BCUT2D eigenvalue weighted by molar-refractivity contribution is 5.92. The molecule has 8 nitrogen and oxygen atoms in total. The van der Waals surface area contributed by atoms with Crippen LogP contribution >= 0.6 is 0 Å². The van der Waals surface area contributed by atoms with E-state index in [-0.39, 0.29) is 11.3 Å². The zero-order valence-corrected chi connectivity index (χ0v) is 13.5.